The molecule has 92 valence electrons. The van der Waals surface area contributed by atoms with E-state index in [-0.39, 0.29) is 0 Å². The fraction of sp³-hybridized carbons (Fsp3) is 0.333. The summed E-state index contributed by atoms with van der Waals surface area (Å²) in [4.78, 5) is 9.22. The van der Waals surface area contributed by atoms with Crippen molar-refractivity contribution in [3.05, 3.63) is 47.3 Å². The van der Waals surface area contributed by atoms with Gasteiger partial charge in [-0.15, -0.1) is 0 Å². The molecule has 2 heterocycles. The van der Waals surface area contributed by atoms with Crippen LogP contribution in [0, 0.1) is 6.92 Å². The normalized spacial score (nSPS) is 14.9. The van der Waals surface area contributed by atoms with Gasteiger partial charge in [0, 0.05) is 30.4 Å². The standard InChI is InChI=1S/C15H17N3/c1-11-2-4-12(5-3-11)15-17-10-13-6-8-16-9-7-14(13)18-15/h2-5,10,16H,6-9H2,1H3. The molecule has 1 aromatic carbocycles. The minimum absolute atomic E-state index is 0.843. The molecule has 0 saturated heterocycles. The highest BCUT2D eigenvalue weighted by atomic mass is 14.9. The first-order chi connectivity index (χ1) is 8.83. The lowest BCUT2D eigenvalue weighted by atomic mass is 10.1. The fourth-order valence-electron chi connectivity index (χ4n) is 2.26. The summed E-state index contributed by atoms with van der Waals surface area (Å²) in [5.41, 5.74) is 4.85. The van der Waals surface area contributed by atoms with Crippen LogP contribution in [0.25, 0.3) is 11.4 Å². The van der Waals surface area contributed by atoms with Crippen LogP contribution in [0.15, 0.2) is 30.5 Å². The van der Waals surface area contributed by atoms with Crippen LogP contribution < -0.4 is 5.32 Å². The smallest absolute Gasteiger partial charge is 0.159 e. The van der Waals surface area contributed by atoms with E-state index in [4.69, 9.17) is 4.98 Å². The Balaban J connectivity index is 1.98. The highest BCUT2D eigenvalue weighted by Gasteiger charge is 2.11. The number of nitrogens with zero attached hydrogens (tertiary/aromatic N) is 2. The van der Waals surface area contributed by atoms with E-state index >= 15 is 0 Å². The van der Waals surface area contributed by atoms with E-state index < -0.39 is 0 Å². The van der Waals surface area contributed by atoms with Gasteiger partial charge in [0.25, 0.3) is 0 Å². The highest BCUT2D eigenvalue weighted by molar-refractivity contribution is 5.55. The predicted molar refractivity (Wildman–Crippen MR) is 72.5 cm³/mol. The maximum atomic E-state index is 4.72. The molecule has 18 heavy (non-hydrogen) atoms. The number of fused-ring (bicyclic) bond motifs is 1. The number of rotatable bonds is 1. The van der Waals surface area contributed by atoms with E-state index in [1.54, 1.807) is 0 Å². The lowest BCUT2D eigenvalue weighted by Crippen LogP contribution is -2.16. The molecule has 0 spiro atoms. The minimum Gasteiger partial charge on any atom is -0.316 e. The third kappa shape index (κ3) is 2.27. The van der Waals surface area contributed by atoms with Crippen LogP contribution in [0.4, 0.5) is 0 Å². The molecule has 3 heteroatoms. The van der Waals surface area contributed by atoms with E-state index in [1.165, 1.54) is 16.8 Å². The second-order valence-electron chi connectivity index (χ2n) is 4.78. The number of hydrogen-bond acceptors (Lipinski definition) is 3. The van der Waals surface area contributed by atoms with Crippen LogP contribution in [0.5, 0.6) is 0 Å². The molecule has 3 rings (SSSR count). The molecule has 2 aromatic rings. The number of aromatic nitrogens is 2. The second-order valence-corrected chi connectivity index (χ2v) is 4.78. The molecule has 0 unspecified atom stereocenters. The van der Waals surface area contributed by atoms with Crippen LogP contribution in [-0.2, 0) is 12.8 Å². The van der Waals surface area contributed by atoms with E-state index in [1.807, 2.05) is 6.20 Å². The Kier molecular flexibility index (Phi) is 3.07. The zero-order valence-electron chi connectivity index (χ0n) is 10.6. The Labute approximate surface area is 107 Å². The summed E-state index contributed by atoms with van der Waals surface area (Å²) >= 11 is 0. The van der Waals surface area contributed by atoms with Gasteiger partial charge in [-0.25, -0.2) is 9.97 Å². The molecule has 0 atom stereocenters. The summed E-state index contributed by atoms with van der Waals surface area (Å²) < 4.78 is 0. The van der Waals surface area contributed by atoms with E-state index in [9.17, 15) is 0 Å². The molecule has 0 saturated carbocycles. The molecule has 1 aliphatic heterocycles. The van der Waals surface area contributed by atoms with Crippen LogP contribution in [0.1, 0.15) is 16.8 Å². The highest BCUT2D eigenvalue weighted by Crippen LogP contribution is 2.18. The Bertz CT molecular complexity index is 546. The summed E-state index contributed by atoms with van der Waals surface area (Å²) in [5, 5.41) is 3.39. The summed E-state index contributed by atoms with van der Waals surface area (Å²) in [6.07, 6.45) is 4.02. The number of aryl methyl sites for hydroxylation is 1. The molecule has 0 fully saturated rings. The molecule has 3 nitrogen and oxygen atoms in total. The first-order valence-electron chi connectivity index (χ1n) is 6.45. The van der Waals surface area contributed by atoms with Crippen molar-refractivity contribution in [2.75, 3.05) is 13.1 Å². The molecule has 0 radical (unpaired) electrons. The molecule has 1 aromatic heterocycles. The lowest BCUT2D eigenvalue weighted by molar-refractivity contribution is 0.708. The number of nitrogens with one attached hydrogen (secondary N) is 1. The van der Waals surface area contributed by atoms with Gasteiger partial charge >= 0.3 is 0 Å². The Morgan fingerprint density at radius 2 is 1.83 bits per heavy atom. The second kappa shape index (κ2) is 4.86. The maximum absolute atomic E-state index is 4.72. The van der Waals surface area contributed by atoms with Gasteiger partial charge in [-0.1, -0.05) is 29.8 Å². The van der Waals surface area contributed by atoms with E-state index in [2.05, 4.69) is 41.5 Å². The molecule has 0 amide bonds. The van der Waals surface area contributed by atoms with Crippen molar-refractivity contribution in [2.24, 2.45) is 0 Å². The fourth-order valence-corrected chi connectivity index (χ4v) is 2.26. The van der Waals surface area contributed by atoms with Gasteiger partial charge in [-0.05, 0) is 25.5 Å². The van der Waals surface area contributed by atoms with Crippen LogP contribution in [0.2, 0.25) is 0 Å². The van der Waals surface area contributed by atoms with Gasteiger partial charge in [0.15, 0.2) is 5.82 Å². The largest absolute Gasteiger partial charge is 0.316 e. The number of benzene rings is 1. The van der Waals surface area contributed by atoms with E-state index in [0.29, 0.717) is 0 Å². The van der Waals surface area contributed by atoms with Crippen molar-refractivity contribution in [3.63, 3.8) is 0 Å². The van der Waals surface area contributed by atoms with Gasteiger partial charge in [0.1, 0.15) is 0 Å². The molecule has 0 aliphatic carbocycles. The van der Waals surface area contributed by atoms with Crippen LogP contribution in [-0.4, -0.2) is 23.1 Å². The average Bonchev–Trinajstić information content (AvgIpc) is 2.64. The summed E-state index contributed by atoms with van der Waals surface area (Å²) in [6, 6.07) is 8.38. The average molecular weight is 239 g/mol. The molecular weight excluding hydrogens is 222 g/mol. The summed E-state index contributed by atoms with van der Waals surface area (Å²) in [6.45, 7) is 4.13. The van der Waals surface area contributed by atoms with Crippen molar-refractivity contribution in [3.8, 4) is 11.4 Å². The zero-order chi connectivity index (χ0) is 12.4. The van der Waals surface area contributed by atoms with Crippen molar-refractivity contribution < 1.29 is 0 Å². The monoisotopic (exact) mass is 239 g/mol. The maximum Gasteiger partial charge on any atom is 0.159 e. The minimum atomic E-state index is 0.843. The Hall–Kier alpha value is -1.74. The van der Waals surface area contributed by atoms with Crippen molar-refractivity contribution in [1.29, 1.82) is 0 Å². The molecular formula is C15H17N3. The predicted octanol–water partition coefficient (Wildman–Crippen LogP) is 2.14. The van der Waals surface area contributed by atoms with Gasteiger partial charge in [0.05, 0.1) is 0 Å². The first kappa shape index (κ1) is 11.4. The SMILES string of the molecule is Cc1ccc(-c2ncc3c(n2)CCNCC3)cc1. The Morgan fingerprint density at radius 1 is 1.06 bits per heavy atom. The van der Waals surface area contributed by atoms with Crippen molar-refractivity contribution in [1.82, 2.24) is 15.3 Å². The summed E-state index contributed by atoms with van der Waals surface area (Å²) in [7, 11) is 0. The van der Waals surface area contributed by atoms with Crippen molar-refractivity contribution in [2.45, 2.75) is 19.8 Å². The van der Waals surface area contributed by atoms with Gasteiger partial charge < -0.3 is 5.32 Å². The Morgan fingerprint density at radius 3 is 2.67 bits per heavy atom. The van der Waals surface area contributed by atoms with Gasteiger partial charge in [-0.2, -0.15) is 0 Å². The topological polar surface area (TPSA) is 37.8 Å². The third-order valence-electron chi connectivity index (χ3n) is 3.37. The molecule has 1 N–H and O–H groups in total. The van der Waals surface area contributed by atoms with Crippen molar-refractivity contribution >= 4 is 0 Å². The van der Waals surface area contributed by atoms with Crippen LogP contribution in [0.3, 0.4) is 0 Å². The van der Waals surface area contributed by atoms with E-state index in [0.717, 1.165) is 37.3 Å². The summed E-state index contributed by atoms with van der Waals surface area (Å²) in [5.74, 6) is 0.843. The number of hydrogen-bond donors (Lipinski definition) is 1. The zero-order valence-corrected chi connectivity index (χ0v) is 10.6. The first-order valence-corrected chi connectivity index (χ1v) is 6.45. The van der Waals surface area contributed by atoms with Gasteiger partial charge in [0.2, 0.25) is 0 Å². The van der Waals surface area contributed by atoms with Crippen LogP contribution >= 0.6 is 0 Å². The third-order valence-corrected chi connectivity index (χ3v) is 3.37. The molecule has 0 bridgehead atoms. The quantitative estimate of drug-likeness (QED) is 0.828. The lowest BCUT2D eigenvalue weighted by Gasteiger charge is -2.06. The molecule has 1 aliphatic rings. The van der Waals surface area contributed by atoms with Gasteiger partial charge in [-0.3, -0.25) is 0 Å².